The highest BCUT2D eigenvalue weighted by atomic mass is 35.5. The summed E-state index contributed by atoms with van der Waals surface area (Å²) in [5.41, 5.74) is 2.05. The molecule has 3 aromatic rings. The number of thioether (sulfide) groups is 1. The predicted molar refractivity (Wildman–Crippen MR) is 124 cm³/mol. The predicted octanol–water partition coefficient (Wildman–Crippen LogP) is 2.85. The van der Waals surface area contributed by atoms with Crippen molar-refractivity contribution in [2.75, 3.05) is 31.9 Å². The maximum Gasteiger partial charge on any atom is 0.243 e. The molecule has 1 saturated heterocycles. The van der Waals surface area contributed by atoms with Crippen molar-refractivity contribution < 1.29 is 13.2 Å². The maximum atomic E-state index is 12.8. The first-order chi connectivity index (χ1) is 15.4. The number of rotatable bonds is 6. The van der Waals surface area contributed by atoms with Crippen LogP contribution in [-0.2, 0) is 14.8 Å². The van der Waals surface area contributed by atoms with Crippen LogP contribution in [0.4, 0.5) is 0 Å². The number of sulfonamides is 1. The molecule has 2 heterocycles. The van der Waals surface area contributed by atoms with Gasteiger partial charge in [-0.25, -0.2) is 8.42 Å². The lowest BCUT2D eigenvalue weighted by molar-refractivity contribution is -0.129. The van der Waals surface area contributed by atoms with E-state index in [0.29, 0.717) is 23.3 Å². The summed E-state index contributed by atoms with van der Waals surface area (Å²) in [5, 5.41) is 9.25. The van der Waals surface area contributed by atoms with Crippen LogP contribution in [0.1, 0.15) is 5.56 Å². The molecule has 0 atom stereocenters. The second-order valence-electron chi connectivity index (χ2n) is 7.30. The van der Waals surface area contributed by atoms with Crippen LogP contribution in [0, 0.1) is 6.92 Å². The van der Waals surface area contributed by atoms with Gasteiger partial charge < -0.3 is 4.90 Å². The smallest absolute Gasteiger partial charge is 0.243 e. The molecule has 0 N–H and O–H groups in total. The molecule has 1 aliphatic heterocycles. The van der Waals surface area contributed by atoms with Crippen LogP contribution in [0.2, 0.25) is 5.02 Å². The van der Waals surface area contributed by atoms with Crippen LogP contribution in [0.3, 0.4) is 0 Å². The number of hydrogen-bond donors (Lipinski definition) is 0. The summed E-state index contributed by atoms with van der Waals surface area (Å²) >= 11 is 7.17. The Labute approximate surface area is 196 Å². The summed E-state index contributed by atoms with van der Waals surface area (Å²) < 4.78 is 28.9. The minimum atomic E-state index is -3.61. The number of nitrogens with zero attached hydrogens (tertiary/aromatic N) is 5. The molecule has 1 amide bonds. The van der Waals surface area contributed by atoms with Crippen LogP contribution in [0.15, 0.2) is 64.9 Å². The van der Waals surface area contributed by atoms with Gasteiger partial charge in [0, 0.05) is 31.2 Å². The number of carbonyl (C=O) groups excluding carboxylic acids is 1. The number of para-hydroxylation sites is 1. The molecule has 0 spiro atoms. The van der Waals surface area contributed by atoms with Crippen LogP contribution >= 0.6 is 23.4 Å². The van der Waals surface area contributed by atoms with Gasteiger partial charge in [-0.15, -0.1) is 10.2 Å². The van der Waals surface area contributed by atoms with E-state index < -0.39 is 10.0 Å². The first-order valence-corrected chi connectivity index (χ1v) is 12.8. The highest BCUT2D eigenvalue weighted by molar-refractivity contribution is 7.99. The average molecular weight is 492 g/mol. The van der Waals surface area contributed by atoms with Gasteiger partial charge in [-0.2, -0.15) is 4.31 Å². The van der Waals surface area contributed by atoms with Gasteiger partial charge in [0.05, 0.1) is 16.3 Å². The molecule has 11 heteroatoms. The van der Waals surface area contributed by atoms with Crippen molar-refractivity contribution in [3.8, 4) is 5.69 Å². The van der Waals surface area contributed by atoms with Gasteiger partial charge >= 0.3 is 0 Å². The Kier molecular flexibility index (Phi) is 6.85. The zero-order valence-corrected chi connectivity index (χ0v) is 19.8. The van der Waals surface area contributed by atoms with E-state index in [9.17, 15) is 13.2 Å². The van der Waals surface area contributed by atoms with Crippen molar-refractivity contribution in [1.29, 1.82) is 0 Å². The van der Waals surface area contributed by atoms with Gasteiger partial charge in [-0.05, 0) is 42.8 Å². The number of aryl methyl sites for hydroxylation is 1. The average Bonchev–Trinajstić information content (AvgIpc) is 3.26. The van der Waals surface area contributed by atoms with Gasteiger partial charge in [0.2, 0.25) is 15.9 Å². The number of piperazine rings is 1. The summed E-state index contributed by atoms with van der Waals surface area (Å²) in [6.07, 6.45) is 1.63. The molecule has 1 fully saturated rings. The minimum Gasteiger partial charge on any atom is -0.339 e. The van der Waals surface area contributed by atoms with Crippen molar-refractivity contribution >= 4 is 39.3 Å². The van der Waals surface area contributed by atoms with E-state index in [-0.39, 0.29) is 29.6 Å². The second-order valence-corrected chi connectivity index (χ2v) is 10.6. The molecule has 0 bridgehead atoms. The van der Waals surface area contributed by atoms with E-state index in [1.807, 2.05) is 35.8 Å². The Bertz CT molecular complexity index is 1210. The van der Waals surface area contributed by atoms with Gasteiger partial charge in [-0.1, -0.05) is 41.6 Å². The molecule has 4 rings (SSSR count). The summed E-state index contributed by atoms with van der Waals surface area (Å²) in [6, 6.07) is 14.0. The SMILES string of the molecule is Cc1ccccc1-n1cnnc1SCC(=O)N1CCN(S(=O)(=O)c2ccc(Cl)cc2)CC1. The number of carbonyl (C=O) groups is 1. The standard InChI is InChI=1S/C21H22ClN5O3S2/c1-16-4-2-3-5-19(16)27-15-23-24-21(27)31-14-20(28)25-10-12-26(13-11-25)32(29,30)18-8-6-17(22)7-9-18/h2-9,15H,10-14H2,1H3. The van der Waals surface area contributed by atoms with Crippen LogP contribution < -0.4 is 0 Å². The lowest BCUT2D eigenvalue weighted by atomic mass is 10.2. The number of benzene rings is 2. The monoisotopic (exact) mass is 491 g/mol. The molecule has 0 aliphatic carbocycles. The van der Waals surface area contributed by atoms with Crippen LogP contribution in [-0.4, -0.2) is 70.2 Å². The molecular weight excluding hydrogens is 470 g/mol. The van der Waals surface area contributed by atoms with E-state index >= 15 is 0 Å². The van der Waals surface area contributed by atoms with Gasteiger partial charge in [0.15, 0.2) is 5.16 Å². The topological polar surface area (TPSA) is 88.4 Å². The van der Waals surface area contributed by atoms with Crippen molar-refractivity contribution in [3.05, 3.63) is 65.4 Å². The third-order valence-corrected chi connectivity index (χ3v) is 8.35. The van der Waals surface area contributed by atoms with E-state index in [0.717, 1.165) is 11.3 Å². The fraction of sp³-hybridized carbons (Fsp3) is 0.286. The summed E-state index contributed by atoms with van der Waals surface area (Å²) in [7, 11) is -3.61. The van der Waals surface area contributed by atoms with Crippen molar-refractivity contribution in [3.63, 3.8) is 0 Å². The molecule has 168 valence electrons. The summed E-state index contributed by atoms with van der Waals surface area (Å²) in [6.45, 7) is 3.20. The molecule has 1 aliphatic rings. The maximum absolute atomic E-state index is 12.8. The van der Waals surface area contributed by atoms with Gasteiger partial charge in [-0.3, -0.25) is 9.36 Å². The van der Waals surface area contributed by atoms with E-state index in [2.05, 4.69) is 10.2 Å². The van der Waals surface area contributed by atoms with Gasteiger partial charge in [0.1, 0.15) is 6.33 Å². The summed E-state index contributed by atoms with van der Waals surface area (Å²) in [5.74, 6) is 0.145. The third-order valence-electron chi connectivity index (χ3n) is 5.26. The molecule has 0 radical (unpaired) electrons. The molecule has 0 saturated carbocycles. The number of amides is 1. The number of hydrogen-bond acceptors (Lipinski definition) is 6. The molecule has 1 aromatic heterocycles. The largest absolute Gasteiger partial charge is 0.339 e. The lowest BCUT2D eigenvalue weighted by Gasteiger charge is -2.34. The van der Waals surface area contributed by atoms with Crippen LogP contribution in [0.5, 0.6) is 0 Å². The Morgan fingerprint density at radius 2 is 1.75 bits per heavy atom. The Morgan fingerprint density at radius 3 is 2.44 bits per heavy atom. The Hall–Kier alpha value is -2.40. The Morgan fingerprint density at radius 1 is 1.06 bits per heavy atom. The van der Waals surface area contributed by atoms with Crippen LogP contribution in [0.25, 0.3) is 5.69 Å². The summed E-state index contributed by atoms with van der Waals surface area (Å²) in [4.78, 5) is 14.6. The molecule has 2 aromatic carbocycles. The quantitative estimate of drug-likeness (QED) is 0.493. The van der Waals surface area contributed by atoms with Crippen molar-refractivity contribution in [1.82, 2.24) is 24.0 Å². The molecule has 0 unspecified atom stereocenters. The number of aromatic nitrogens is 3. The lowest BCUT2D eigenvalue weighted by Crippen LogP contribution is -2.50. The first kappa shape index (κ1) is 22.8. The minimum absolute atomic E-state index is 0.0575. The number of halogens is 1. The fourth-order valence-electron chi connectivity index (χ4n) is 3.47. The highest BCUT2D eigenvalue weighted by Crippen LogP contribution is 2.23. The van der Waals surface area contributed by atoms with Crippen molar-refractivity contribution in [2.45, 2.75) is 17.0 Å². The van der Waals surface area contributed by atoms with Crippen molar-refractivity contribution in [2.24, 2.45) is 0 Å². The zero-order valence-electron chi connectivity index (χ0n) is 17.4. The third kappa shape index (κ3) is 4.83. The normalized spacial score (nSPS) is 15.1. The fourth-order valence-corrected chi connectivity index (χ4v) is 5.85. The second kappa shape index (κ2) is 9.62. The first-order valence-electron chi connectivity index (χ1n) is 9.98. The molecule has 8 nitrogen and oxygen atoms in total. The van der Waals surface area contributed by atoms with Gasteiger partial charge in [0.25, 0.3) is 0 Å². The molecule has 32 heavy (non-hydrogen) atoms. The zero-order chi connectivity index (χ0) is 22.7. The van der Waals surface area contributed by atoms with E-state index in [1.165, 1.54) is 28.2 Å². The van der Waals surface area contributed by atoms with E-state index in [4.69, 9.17) is 11.6 Å². The van der Waals surface area contributed by atoms with E-state index in [1.54, 1.807) is 23.4 Å². The molecular formula is C21H22ClN5O3S2. The highest BCUT2D eigenvalue weighted by Gasteiger charge is 2.30. The Balaban J connectivity index is 1.35.